The van der Waals surface area contributed by atoms with E-state index in [0.717, 1.165) is 25.6 Å². The van der Waals surface area contributed by atoms with E-state index in [9.17, 15) is 0 Å². The molecule has 1 heterocycles. The van der Waals surface area contributed by atoms with Gasteiger partial charge in [0.25, 0.3) is 0 Å². The highest BCUT2D eigenvalue weighted by Crippen LogP contribution is 1.95. The number of nitrogens with zero attached hydrogens (tertiary/aromatic N) is 2. The van der Waals surface area contributed by atoms with Gasteiger partial charge in [-0.2, -0.15) is 0 Å². The molecule has 0 aromatic carbocycles. The molecule has 0 radical (unpaired) electrons. The molecular weight excluding hydrogens is 162 g/mol. The van der Waals surface area contributed by atoms with Crippen LogP contribution in [0.4, 0.5) is 0 Å². The third-order valence-electron chi connectivity index (χ3n) is 2.00. The molecule has 0 aliphatic carbocycles. The van der Waals surface area contributed by atoms with Crippen LogP contribution in [0.5, 0.6) is 0 Å². The lowest BCUT2D eigenvalue weighted by Gasteiger charge is -2.06. The van der Waals surface area contributed by atoms with Gasteiger partial charge in [-0.15, -0.1) is 0 Å². The fourth-order valence-electron chi connectivity index (χ4n) is 1.14. The highest BCUT2D eigenvalue weighted by Gasteiger charge is 1.93. The Labute approximate surface area is 80.2 Å². The molecule has 0 bridgehead atoms. The quantitative estimate of drug-likeness (QED) is 0.674. The van der Waals surface area contributed by atoms with E-state index in [0.29, 0.717) is 0 Å². The zero-order valence-electron chi connectivity index (χ0n) is 8.53. The third kappa shape index (κ3) is 4.68. The summed E-state index contributed by atoms with van der Waals surface area (Å²) in [7, 11) is 0. The van der Waals surface area contributed by atoms with Gasteiger partial charge in [-0.25, -0.2) is 4.98 Å². The van der Waals surface area contributed by atoms with E-state index >= 15 is 0 Å². The minimum absolute atomic E-state index is 0.792. The summed E-state index contributed by atoms with van der Waals surface area (Å²) in [5.41, 5.74) is 0. The van der Waals surface area contributed by atoms with Crippen molar-refractivity contribution in [2.75, 3.05) is 13.1 Å². The van der Waals surface area contributed by atoms with Crippen molar-refractivity contribution in [1.82, 2.24) is 14.9 Å². The maximum Gasteiger partial charge on any atom is 0.0946 e. The lowest BCUT2D eigenvalue weighted by molar-refractivity contribution is 0.519. The number of hydrogen-bond acceptors (Lipinski definition) is 2. The molecule has 1 N–H and O–H groups in total. The van der Waals surface area contributed by atoms with E-state index in [2.05, 4.69) is 28.7 Å². The molecule has 3 nitrogen and oxygen atoms in total. The summed E-state index contributed by atoms with van der Waals surface area (Å²) >= 11 is 0. The predicted molar refractivity (Wildman–Crippen MR) is 54.6 cm³/mol. The first-order valence-electron chi connectivity index (χ1n) is 4.95. The van der Waals surface area contributed by atoms with E-state index in [-0.39, 0.29) is 0 Å². The van der Waals surface area contributed by atoms with Crippen molar-refractivity contribution in [3.63, 3.8) is 0 Å². The number of aromatic nitrogens is 2. The van der Waals surface area contributed by atoms with Crippen molar-refractivity contribution in [2.24, 2.45) is 5.92 Å². The third-order valence-corrected chi connectivity index (χ3v) is 2.00. The molecule has 0 atom stereocenters. The molecule has 1 aromatic rings. The summed E-state index contributed by atoms with van der Waals surface area (Å²) < 4.78 is 2.09. The summed E-state index contributed by atoms with van der Waals surface area (Å²) in [6.07, 6.45) is 6.91. The van der Waals surface area contributed by atoms with E-state index in [1.807, 2.05) is 18.7 Å². The SMILES string of the molecule is CC(C)CCNCCn1ccnc1. The van der Waals surface area contributed by atoms with Crippen LogP contribution in [-0.4, -0.2) is 22.6 Å². The predicted octanol–water partition coefficient (Wildman–Crippen LogP) is 1.52. The van der Waals surface area contributed by atoms with Gasteiger partial charge in [-0.3, -0.25) is 0 Å². The average molecular weight is 181 g/mol. The van der Waals surface area contributed by atoms with Gasteiger partial charge in [0.15, 0.2) is 0 Å². The van der Waals surface area contributed by atoms with Gasteiger partial charge in [-0.1, -0.05) is 13.8 Å². The van der Waals surface area contributed by atoms with Gasteiger partial charge >= 0.3 is 0 Å². The summed E-state index contributed by atoms with van der Waals surface area (Å²) in [5, 5.41) is 3.41. The monoisotopic (exact) mass is 181 g/mol. The summed E-state index contributed by atoms with van der Waals surface area (Å²) in [6, 6.07) is 0. The Hall–Kier alpha value is -0.830. The van der Waals surface area contributed by atoms with Gasteiger partial charge in [-0.05, 0) is 18.9 Å². The molecule has 1 aromatic heterocycles. The molecule has 0 aliphatic heterocycles. The minimum Gasteiger partial charge on any atom is -0.336 e. The topological polar surface area (TPSA) is 29.9 Å². The second-order valence-corrected chi connectivity index (χ2v) is 3.73. The van der Waals surface area contributed by atoms with Gasteiger partial charge in [0.05, 0.1) is 6.33 Å². The van der Waals surface area contributed by atoms with Crippen LogP contribution in [-0.2, 0) is 6.54 Å². The fourth-order valence-corrected chi connectivity index (χ4v) is 1.14. The van der Waals surface area contributed by atoms with E-state index in [1.165, 1.54) is 6.42 Å². The van der Waals surface area contributed by atoms with Crippen molar-refractivity contribution in [3.8, 4) is 0 Å². The van der Waals surface area contributed by atoms with Crippen LogP contribution >= 0.6 is 0 Å². The molecule has 1 rings (SSSR count). The lowest BCUT2D eigenvalue weighted by atomic mass is 10.1. The summed E-state index contributed by atoms with van der Waals surface area (Å²) in [4.78, 5) is 3.98. The van der Waals surface area contributed by atoms with E-state index < -0.39 is 0 Å². The Morgan fingerprint density at radius 2 is 2.23 bits per heavy atom. The standard InChI is InChI=1S/C10H19N3/c1-10(2)3-4-11-5-7-13-8-6-12-9-13/h6,8-11H,3-5,7H2,1-2H3. The van der Waals surface area contributed by atoms with Crippen LogP contribution in [0.15, 0.2) is 18.7 Å². The second-order valence-electron chi connectivity index (χ2n) is 3.73. The van der Waals surface area contributed by atoms with Gasteiger partial charge in [0, 0.05) is 25.5 Å². The van der Waals surface area contributed by atoms with Gasteiger partial charge in [0.2, 0.25) is 0 Å². The molecule has 0 aliphatic rings. The number of rotatable bonds is 6. The highest BCUT2D eigenvalue weighted by molar-refractivity contribution is 4.74. The maximum absolute atomic E-state index is 3.98. The molecule has 0 unspecified atom stereocenters. The first-order valence-corrected chi connectivity index (χ1v) is 4.95. The van der Waals surface area contributed by atoms with Crippen LogP contribution in [0, 0.1) is 5.92 Å². The molecular formula is C10H19N3. The summed E-state index contributed by atoms with van der Waals surface area (Å²) in [5.74, 6) is 0.792. The first kappa shape index (κ1) is 10.3. The van der Waals surface area contributed by atoms with Crippen molar-refractivity contribution in [1.29, 1.82) is 0 Å². The largest absolute Gasteiger partial charge is 0.336 e. The molecule has 13 heavy (non-hydrogen) atoms. The van der Waals surface area contributed by atoms with Crippen LogP contribution in [0.25, 0.3) is 0 Å². The molecule has 0 saturated carbocycles. The Kier molecular flexibility index (Phi) is 4.54. The lowest BCUT2D eigenvalue weighted by Crippen LogP contribution is -2.21. The Morgan fingerprint density at radius 1 is 1.38 bits per heavy atom. The molecule has 0 spiro atoms. The summed E-state index contributed by atoms with van der Waals surface area (Å²) in [6.45, 7) is 7.66. The van der Waals surface area contributed by atoms with Gasteiger partial charge in [0.1, 0.15) is 0 Å². The van der Waals surface area contributed by atoms with Crippen LogP contribution in [0.2, 0.25) is 0 Å². The molecule has 0 fully saturated rings. The second kappa shape index (κ2) is 5.75. The van der Waals surface area contributed by atoms with E-state index in [4.69, 9.17) is 0 Å². The minimum atomic E-state index is 0.792. The molecule has 3 heteroatoms. The molecule has 0 saturated heterocycles. The Bertz CT molecular complexity index is 204. The van der Waals surface area contributed by atoms with Crippen molar-refractivity contribution in [2.45, 2.75) is 26.8 Å². The maximum atomic E-state index is 3.98. The van der Waals surface area contributed by atoms with Crippen LogP contribution in [0.3, 0.4) is 0 Å². The number of nitrogens with one attached hydrogen (secondary N) is 1. The van der Waals surface area contributed by atoms with Crippen LogP contribution < -0.4 is 5.32 Å². The van der Waals surface area contributed by atoms with Gasteiger partial charge < -0.3 is 9.88 Å². The highest BCUT2D eigenvalue weighted by atomic mass is 15.0. The molecule has 74 valence electrons. The normalized spacial score (nSPS) is 11.0. The van der Waals surface area contributed by atoms with Crippen molar-refractivity contribution >= 4 is 0 Å². The Balaban J connectivity index is 1.96. The fraction of sp³-hybridized carbons (Fsp3) is 0.700. The number of hydrogen-bond donors (Lipinski definition) is 1. The number of imidazole rings is 1. The van der Waals surface area contributed by atoms with E-state index in [1.54, 1.807) is 0 Å². The van der Waals surface area contributed by atoms with Crippen LogP contribution in [0.1, 0.15) is 20.3 Å². The van der Waals surface area contributed by atoms with Crippen molar-refractivity contribution in [3.05, 3.63) is 18.7 Å². The zero-order chi connectivity index (χ0) is 9.52. The smallest absolute Gasteiger partial charge is 0.0946 e. The Morgan fingerprint density at radius 3 is 2.85 bits per heavy atom. The van der Waals surface area contributed by atoms with Crippen molar-refractivity contribution < 1.29 is 0 Å². The zero-order valence-corrected chi connectivity index (χ0v) is 8.53. The molecule has 0 amide bonds. The first-order chi connectivity index (χ1) is 6.29. The average Bonchev–Trinajstić information content (AvgIpc) is 2.55.